The summed E-state index contributed by atoms with van der Waals surface area (Å²) in [5, 5.41) is 13.1. The number of rotatable bonds is 9. The van der Waals surface area contributed by atoms with E-state index in [4.69, 9.17) is 4.98 Å². The second-order valence-corrected chi connectivity index (χ2v) is 55.5. The van der Waals surface area contributed by atoms with Gasteiger partial charge in [0.2, 0.25) is 0 Å². The van der Waals surface area contributed by atoms with Crippen molar-refractivity contribution in [2.45, 2.75) is 154 Å². The van der Waals surface area contributed by atoms with E-state index in [1.165, 1.54) is 102 Å². The van der Waals surface area contributed by atoms with E-state index in [0.29, 0.717) is 33.5 Å². The van der Waals surface area contributed by atoms with Crippen LogP contribution in [0.25, 0.3) is 99.9 Å². The first kappa shape index (κ1) is 95.3. The van der Waals surface area contributed by atoms with Crippen molar-refractivity contribution in [1.82, 2.24) is 29.9 Å². The Morgan fingerprint density at radius 3 is 1.00 bits per heavy atom. The largest absolute Gasteiger partial charge is 0.305 e. The summed E-state index contributed by atoms with van der Waals surface area (Å²) in [6.07, 6.45) is 38.7. The van der Waals surface area contributed by atoms with Crippen molar-refractivity contribution in [1.29, 1.82) is 0 Å². The molecule has 9 aromatic carbocycles. The van der Waals surface area contributed by atoms with Gasteiger partial charge in [0.05, 0.1) is 24.2 Å². The molecule has 9 heterocycles. The fourth-order valence-corrected chi connectivity index (χ4v) is 24.9. The Hall–Kier alpha value is -9.25. The fraction of sp³-hybridized carbons (Fsp3) is 0.196. The van der Waals surface area contributed by atoms with Crippen LogP contribution in [-0.2, 0) is 65.7 Å². The van der Waals surface area contributed by atoms with Crippen molar-refractivity contribution in [2.75, 3.05) is 0 Å². The third-order valence-electron chi connectivity index (χ3n) is 23.2. The van der Waals surface area contributed by atoms with Gasteiger partial charge in [0.1, 0.15) is 0 Å². The summed E-state index contributed by atoms with van der Waals surface area (Å²) in [6.45, 7) is 34.5. The molecule has 0 saturated carbocycles. The predicted molar refractivity (Wildman–Crippen MR) is 537 cm³/mol. The van der Waals surface area contributed by atoms with Gasteiger partial charge >= 0.3 is 0 Å². The van der Waals surface area contributed by atoms with E-state index < -0.39 is 24.2 Å². The van der Waals surface area contributed by atoms with Crippen molar-refractivity contribution >= 4 is 107 Å². The molecule has 0 amide bonds. The first-order valence-electron chi connectivity index (χ1n) is 42.9. The molecule has 0 bridgehead atoms. The number of benzene rings is 9. The van der Waals surface area contributed by atoms with E-state index in [9.17, 15) is 0 Å². The van der Waals surface area contributed by atoms with Gasteiger partial charge < -0.3 is 29.9 Å². The Labute approximate surface area is 809 Å². The SMILES string of the molecule is C[Si](C)(C)c1ccc(-c2[c-]cccc2)nc1.Cc1cc[c-]c(-c2cc(C(C)(C)C)c([Si](C)(C)C)cn2)c1.Cc1cc[c-]c(-c2cc(C)c([Si](C)(C)C)cn2)c1.[Ir].[Ir].[Ir].[c-]1cc2c(cc1-c1cc3ccccc3cn1)SC1C=CC=CC21.[c-]1cc2c(cc1-c1cc3ccccc3cn1)SC1C=CC=CC21.[c-]1cc2c(cc1-c1cc3ccccc3cn1)SC1C=CC=CC21. The molecule has 127 heavy (non-hydrogen) atoms. The summed E-state index contributed by atoms with van der Waals surface area (Å²) in [4.78, 5) is 31.8. The molecule has 0 saturated heterocycles. The molecule has 15 aromatic rings. The third-order valence-corrected chi connectivity index (χ3v) is 33.4. The summed E-state index contributed by atoms with van der Waals surface area (Å²) in [6, 6.07) is 93.9. The standard InChI is InChI=1S/3C21H14NS.C19H26NSi.C16H20NSi.C14H16NSi.3Ir/c3*1-2-6-16-13-22-19(11-14(16)5-1)15-9-10-18-17-7-3-4-8-20(17)23-21(18)12-15;1-14-9-8-10-15(11-14)17-12-16(19(2,3)4)18(13-20-17)21(5,6)7;1-12-7-6-8-14(9-12)15-10-13(2)16(11-17-15)18(3,4)5;1-16(2,3)13-9-10-14(15-11-13)12-7-5-4-6-8-12;;;/h3*1-8,10-13,17,20H;8-9,11-13H,1-7H3;6-7,9-11H,1-5H3;4-7,9-11H,1-3H3;;;/q6*-1;;;. The van der Waals surface area contributed by atoms with Crippen molar-refractivity contribution in [3.63, 3.8) is 0 Å². The summed E-state index contributed by atoms with van der Waals surface area (Å²) >= 11 is 5.84. The van der Waals surface area contributed by atoms with Gasteiger partial charge in [-0.25, -0.2) is 0 Å². The van der Waals surface area contributed by atoms with Gasteiger partial charge in [0, 0.05) is 113 Å². The number of aromatic nitrogens is 6. The van der Waals surface area contributed by atoms with Crippen molar-refractivity contribution in [2.24, 2.45) is 0 Å². The molecule has 0 N–H and O–H groups in total. The van der Waals surface area contributed by atoms with Crippen molar-refractivity contribution in [3.05, 3.63) is 398 Å². The molecule has 6 aliphatic rings. The van der Waals surface area contributed by atoms with Crippen LogP contribution in [0.2, 0.25) is 58.9 Å². The molecule has 6 aromatic heterocycles. The third kappa shape index (κ3) is 23.0. The summed E-state index contributed by atoms with van der Waals surface area (Å²) < 4.78 is 0. The molecule has 21 rings (SSSR count). The maximum Gasteiger partial charge on any atom is 0.0799 e. The van der Waals surface area contributed by atoms with Crippen LogP contribution in [0.1, 0.15) is 77.5 Å². The first-order chi connectivity index (χ1) is 59.7. The van der Waals surface area contributed by atoms with Crippen molar-refractivity contribution < 1.29 is 60.3 Å². The zero-order valence-corrected chi connectivity index (χ0v) is 87.1. The van der Waals surface area contributed by atoms with Crippen molar-refractivity contribution in [3.8, 4) is 67.5 Å². The van der Waals surface area contributed by atoms with Gasteiger partial charge in [-0.2, -0.15) is 0 Å². The molecule has 15 heteroatoms. The maximum atomic E-state index is 4.73. The van der Waals surface area contributed by atoms with Gasteiger partial charge in [-0.1, -0.05) is 302 Å². The summed E-state index contributed by atoms with van der Waals surface area (Å²) in [7, 11) is -3.91. The first-order valence-corrected chi connectivity index (χ1v) is 56.0. The molecule has 6 nitrogen and oxygen atoms in total. The average molecular weight is 2290 g/mol. The Morgan fingerprint density at radius 1 is 0.299 bits per heavy atom. The second kappa shape index (κ2) is 41.7. The number of pyridine rings is 6. The quantitative estimate of drug-likeness (QED) is 0.104. The topological polar surface area (TPSA) is 77.3 Å². The Balaban J connectivity index is 0.000000130. The van der Waals surface area contributed by atoms with Crippen LogP contribution in [-0.4, -0.2) is 69.9 Å². The van der Waals surface area contributed by atoms with Gasteiger partial charge in [-0.05, 0) is 118 Å². The minimum Gasteiger partial charge on any atom is -0.305 e. The van der Waals surface area contributed by atoms with Crippen LogP contribution in [0.5, 0.6) is 0 Å². The molecular weight excluding hydrogens is 2190 g/mol. The zero-order chi connectivity index (χ0) is 86.4. The minimum absolute atomic E-state index is 0. The monoisotopic (exact) mass is 2290 g/mol. The number of fused-ring (bicyclic) bond motifs is 12. The van der Waals surface area contributed by atoms with Crippen LogP contribution in [0.15, 0.2) is 337 Å². The molecule has 3 aliphatic carbocycles. The van der Waals surface area contributed by atoms with E-state index in [0.717, 1.165) is 67.5 Å². The van der Waals surface area contributed by atoms with Gasteiger partial charge in [0.15, 0.2) is 0 Å². The summed E-state index contributed by atoms with van der Waals surface area (Å²) in [5.74, 6) is 1.49. The average Bonchev–Trinajstić information content (AvgIpc) is 1.69. The number of allylic oxidation sites excluding steroid dienone is 9. The molecular formula is C112H104Ir3N6S3Si3-6. The van der Waals surface area contributed by atoms with Crippen LogP contribution in [0.3, 0.4) is 0 Å². The van der Waals surface area contributed by atoms with Crippen LogP contribution in [0, 0.1) is 57.2 Å². The van der Waals surface area contributed by atoms with Gasteiger partial charge in [-0.3, -0.25) is 0 Å². The van der Waals surface area contributed by atoms with Crippen LogP contribution < -0.4 is 15.6 Å². The zero-order valence-electron chi connectivity index (χ0n) is 74.5. The Kier molecular flexibility index (Phi) is 31.3. The second-order valence-electron chi connectivity index (χ2n) is 36.7. The molecule has 6 atom stereocenters. The summed E-state index contributed by atoms with van der Waals surface area (Å²) in [5.41, 5.74) is 22.1. The number of nitrogens with zero attached hydrogens (tertiary/aromatic N) is 6. The number of aryl methyl sites for hydroxylation is 3. The maximum absolute atomic E-state index is 4.73. The normalized spacial score (nSPS) is 16.8. The fourth-order valence-electron chi connectivity index (χ4n) is 16.4. The molecule has 0 fully saturated rings. The van der Waals surface area contributed by atoms with Gasteiger partial charge in [0.25, 0.3) is 0 Å². The number of thioether (sulfide) groups is 3. The Bertz CT molecular complexity index is 6260. The van der Waals surface area contributed by atoms with E-state index in [2.05, 4.69) is 405 Å². The van der Waals surface area contributed by atoms with E-state index in [1.807, 2.05) is 115 Å². The van der Waals surface area contributed by atoms with E-state index in [-0.39, 0.29) is 65.7 Å². The van der Waals surface area contributed by atoms with E-state index >= 15 is 0 Å². The van der Waals surface area contributed by atoms with Crippen LogP contribution >= 0.6 is 35.3 Å². The molecule has 0 spiro atoms. The predicted octanol–water partition coefficient (Wildman–Crippen LogP) is 27.7. The van der Waals surface area contributed by atoms with E-state index in [1.54, 1.807) is 0 Å². The smallest absolute Gasteiger partial charge is 0.0799 e. The number of hydrogen-bond donors (Lipinski definition) is 0. The number of hydrogen-bond acceptors (Lipinski definition) is 9. The van der Waals surface area contributed by atoms with Crippen LogP contribution in [0.4, 0.5) is 0 Å². The molecule has 645 valence electrons. The molecule has 3 radical (unpaired) electrons. The Morgan fingerprint density at radius 2 is 0.646 bits per heavy atom. The minimum atomic E-state index is -1.40. The molecule has 6 unspecified atom stereocenters. The van der Waals surface area contributed by atoms with Gasteiger partial charge in [-0.15, -0.1) is 230 Å². The molecule has 3 aliphatic heterocycles.